The van der Waals surface area contributed by atoms with E-state index < -0.39 is 18.1 Å². The number of rotatable bonds is 17. The average molecular weight is 679 g/mol. The Balaban J connectivity index is 1.61. The summed E-state index contributed by atoms with van der Waals surface area (Å²) < 4.78 is 43.2. The molecule has 1 aliphatic heterocycles. The molecule has 1 saturated carbocycles. The molecule has 8 nitrogen and oxygen atoms in total. The molecule has 49 heavy (non-hydrogen) atoms. The lowest BCUT2D eigenvalue weighted by atomic mass is 9.77. The van der Waals surface area contributed by atoms with E-state index in [2.05, 4.69) is 20.1 Å². The van der Waals surface area contributed by atoms with Crippen molar-refractivity contribution >= 4 is 18.1 Å². The summed E-state index contributed by atoms with van der Waals surface area (Å²) in [5.41, 5.74) is 4.04. The van der Waals surface area contributed by atoms with Crippen LogP contribution in [-0.2, 0) is 41.4 Å². The summed E-state index contributed by atoms with van der Waals surface area (Å²) in [6, 6.07) is 9.26. The second-order valence-corrected chi connectivity index (χ2v) is 13.5. The molecule has 1 aliphatic carbocycles. The molecule has 9 heteroatoms. The predicted octanol–water partition coefficient (Wildman–Crippen LogP) is 8.83. The highest BCUT2D eigenvalue weighted by Crippen LogP contribution is 2.40. The maximum Gasteiger partial charge on any atom is 0.508 e. The maximum absolute atomic E-state index is 16.0. The van der Waals surface area contributed by atoms with E-state index in [1.807, 2.05) is 24.3 Å². The fourth-order valence-electron chi connectivity index (χ4n) is 6.47. The lowest BCUT2D eigenvalue weighted by Gasteiger charge is -2.29. The smallest absolute Gasteiger partial charge is 0.492 e. The molecule has 0 aromatic heterocycles. The van der Waals surface area contributed by atoms with Gasteiger partial charge < -0.3 is 23.7 Å². The summed E-state index contributed by atoms with van der Waals surface area (Å²) in [6.45, 7) is 13.2. The Bertz CT molecular complexity index is 1430. The topological polar surface area (TPSA) is 97.4 Å². The van der Waals surface area contributed by atoms with Crippen molar-refractivity contribution in [1.82, 2.24) is 0 Å². The minimum absolute atomic E-state index is 0.0439. The Labute approximate surface area is 290 Å². The quantitative estimate of drug-likeness (QED) is 0.0709. The van der Waals surface area contributed by atoms with Crippen molar-refractivity contribution in [3.63, 3.8) is 0 Å². The van der Waals surface area contributed by atoms with Crippen molar-refractivity contribution < 1.29 is 42.5 Å². The van der Waals surface area contributed by atoms with Gasteiger partial charge in [-0.3, -0.25) is 0 Å². The summed E-state index contributed by atoms with van der Waals surface area (Å²) >= 11 is 0. The number of unbranched alkanes of at least 4 members (excludes halogenated alkanes) is 2. The number of halogens is 1. The van der Waals surface area contributed by atoms with Crippen molar-refractivity contribution in [3.05, 3.63) is 77.1 Å². The molecule has 2 aromatic rings. The van der Waals surface area contributed by atoms with Gasteiger partial charge in [-0.1, -0.05) is 57.9 Å². The lowest BCUT2D eigenvalue weighted by molar-refractivity contribution is -0.139. The third-order valence-electron chi connectivity index (χ3n) is 9.32. The van der Waals surface area contributed by atoms with Crippen LogP contribution in [0.4, 0.5) is 9.18 Å². The van der Waals surface area contributed by atoms with Gasteiger partial charge in [-0.05, 0) is 91.8 Å². The third-order valence-corrected chi connectivity index (χ3v) is 9.32. The highest BCUT2D eigenvalue weighted by atomic mass is 19.1. The molecule has 4 rings (SSSR count). The van der Waals surface area contributed by atoms with Gasteiger partial charge in [-0.25, -0.2) is 18.8 Å². The second-order valence-electron chi connectivity index (χ2n) is 13.5. The van der Waals surface area contributed by atoms with Gasteiger partial charge in [0.15, 0.2) is 0 Å². The van der Waals surface area contributed by atoms with E-state index in [0.29, 0.717) is 33.9 Å². The average Bonchev–Trinajstić information content (AvgIpc) is 3.08. The van der Waals surface area contributed by atoms with Crippen LogP contribution in [0.15, 0.2) is 54.6 Å². The van der Waals surface area contributed by atoms with Gasteiger partial charge >= 0.3 is 18.1 Å². The summed E-state index contributed by atoms with van der Waals surface area (Å²) in [4.78, 5) is 35.7. The lowest BCUT2D eigenvalue weighted by Crippen LogP contribution is -2.31. The molecule has 0 unspecified atom stereocenters. The first kappa shape index (κ1) is 37.7. The highest BCUT2D eigenvalue weighted by Gasteiger charge is 2.25. The number of benzene rings is 2. The molecule has 0 atom stereocenters. The third kappa shape index (κ3) is 11.2. The Morgan fingerprint density at radius 2 is 1.45 bits per heavy atom. The van der Waals surface area contributed by atoms with Crippen molar-refractivity contribution in [3.8, 4) is 16.9 Å². The Kier molecular flexibility index (Phi) is 14.3. The predicted molar refractivity (Wildman–Crippen MR) is 186 cm³/mol. The molecule has 0 spiro atoms. The van der Waals surface area contributed by atoms with Gasteiger partial charge in [0.2, 0.25) is 0 Å². The van der Waals surface area contributed by atoms with Crippen molar-refractivity contribution in [1.29, 1.82) is 0 Å². The van der Waals surface area contributed by atoms with Gasteiger partial charge in [-0.15, -0.1) is 0 Å². The van der Waals surface area contributed by atoms with Gasteiger partial charge in [0.05, 0.1) is 25.7 Å². The Morgan fingerprint density at radius 3 is 1.98 bits per heavy atom. The fraction of sp³-hybridized carbons (Fsp3) is 0.525. The van der Waals surface area contributed by atoms with Crippen LogP contribution in [-0.4, -0.2) is 51.1 Å². The Hall–Kier alpha value is -4.14. The summed E-state index contributed by atoms with van der Waals surface area (Å²) in [6.07, 6.45) is 9.47. The number of cyclic esters (lactones) is 2. The molecule has 0 N–H and O–H groups in total. The second kappa shape index (κ2) is 18.6. The SMILES string of the molecule is C=C(C)C(=O)OCCc1cc(-c2ccc(C3CCC(CCCCC)CC3)cc2F)cc(CCOC(=O)C(=C)C)c1OCC1COC(=O)OC1. The first-order valence-electron chi connectivity index (χ1n) is 17.6. The van der Waals surface area contributed by atoms with Gasteiger partial charge in [0, 0.05) is 29.6 Å². The number of hydrogen-bond donors (Lipinski definition) is 0. The van der Waals surface area contributed by atoms with Crippen molar-refractivity contribution in [2.75, 3.05) is 33.0 Å². The zero-order chi connectivity index (χ0) is 35.3. The van der Waals surface area contributed by atoms with Gasteiger partial charge in [-0.2, -0.15) is 0 Å². The maximum atomic E-state index is 16.0. The normalized spacial score (nSPS) is 17.8. The largest absolute Gasteiger partial charge is 0.508 e. The molecule has 2 aromatic carbocycles. The fourth-order valence-corrected chi connectivity index (χ4v) is 6.47. The molecular weight excluding hydrogens is 627 g/mol. The van der Waals surface area contributed by atoms with Crippen LogP contribution in [0.3, 0.4) is 0 Å². The van der Waals surface area contributed by atoms with E-state index in [1.165, 1.54) is 38.5 Å². The number of carbonyl (C=O) groups excluding carboxylic acids is 3. The number of carbonyl (C=O) groups is 3. The van der Waals surface area contributed by atoms with Crippen LogP contribution in [0.2, 0.25) is 0 Å². The minimum Gasteiger partial charge on any atom is -0.492 e. The number of hydrogen-bond acceptors (Lipinski definition) is 8. The van der Waals surface area contributed by atoms with Crippen LogP contribution in [0.1, 0.15) is 94.7 Å². The standard InChI is InChI=1S/C40H51FO8/c1-6-7-8-9-28-10-12-30(13-11-28)31-14-15-35(36(41)22-31)34-20-32(16-18-45-38(42)26(2)3)37(47-23-29-24-48-40(44)49-25-29)33(21-34)17-19-46-39(43)27(4)5/h14-15,20-22,28-30H,2,4,6-13,16-19,23-25H2,1,3,5H3. The summed E-state index contributed by atoms with van der Waals surface area (Å²) in [7, 11) is 0. The van der Waals surface area contributed by atoms with Crippen LogP contribution < -0.4 is 4.74 Å². The minimum atomic E-state index is -0.719. The van der Waals surface area contributed by atoms with E-state index in [1.54, 1.807) is 19.9 Å². The Morgan fingerprint density at radius 1 is 0.857 bits per heavy atom. The zero-order valence-electron chi connectivity index (χ0n) is 29.3. The van der Waals surface area contributed by atoms with E-state index >= 15 is 4.39 Å². The van der Waals surface area contributed by atoms with E-state index in [4.69, 9.17) is 23.7 Å². The zero-order valence-corrected chi connectivity index (χ0v) is 29.3. The first-order chi connectivity index (χ1) is 23.5. The number of esters is 2. The van der Waals surface area contributed by atoms with Crippen LogP contribution in [0.5, 0.6) is 5.75 Å². The first-order valence-corrected chi connectivity index (χ1v) is 17.6. The van der Waals surface area contributed by atoms with Gasteiger partial charge in [0.1, 0.15) is 24.8 Å². The van der Waals surface area contributed by atoms with Gasteiger partial charge in [0.25, 0.3) is 0 Å². The van der Waals surface area contributed by atoms with Crippen molar-refractivity contribution in [2.45, 2.75) is 90.9 Å². The van der Waals surface area contributed by atoms with E-state index in [-0.39, 0.29) is 68.8 Å². The summed E-state index contributed by atoms with van der Waals surface area (Å²) in [5, 5.41) is 0. The molecule has 1 heterocycles. The van der Waals surface area contributed by atoms with Crippen LogP contribution in [0, 0.1) is 17.7 Å². The molecule has 2 fully saturated rings. The van der Waals surface area contributed by atoms with E-state index in [0.717, 1.165) is 24.3 Å². The van der Waals surface area contributed by atoms with Crippen molar-refractivity contribution in [2.24, 2.45) is 11.8 Å². The highest BCUT2D eigenvalue weighted by molar-refractivity contribution is 5.87. The molecule has 1 saturated heterocycles. The molecule has 266 valence electrons. The number of ether oxygens (including phenoxy) is 5. The molecule has 0 bridgehead atoms. The molecule has 2 aliphatic rings. The van der Waals surface area contributed by atoms with Crippen LogP contribution >= 0.6 is 0 Å². The molecular formula is C40H51FO8. The monoisotopic (exact) mass is 678 g/mol. The van der Waals surface area contributed by atoms with E-state index in [9.17, 15) is 14.4 Å². The molecule has 0 radical (unpaired) electrons. The van der Waals surface area contributed by atoms with Crippen LogP contribution in [0.25, 0.3) is 11.1 Å². The molecule has 0 amide bonds. The summed E-state index contributed by atoms with van der Waals surface area (Å²) in [5.74, 6) is 0.0860.